The van der Waals surface area contributed by atoms with Crippen molar-refractivity contribution < 1.29 is 4.39 Å². The van der Waals surface area contributed by atoms with E-state index in [1.807, 2.05) is 0 Å². The molecular weight excluding hydrogens is 165 g/mol. The fourth-order valence-corrected chi connectivity index (χ4v) is 1.41. The Balaban J connectivity index is 3.92. The molecule has 0 aliphatic carbocycles. The molecular formula is C11H22FN. The minimum absolute atomic E-state index is 0.0780. The molecule has 0 bridgehead atoms. The van der Waals surface area contributed by atoms with E-state index in [2.05, 4.69) is 25.8 Å². The van der Waals surface area contributed by atoms with Crippen LogP contribution in [0.3, 0.4) is 0 Å². The van der Waals surface area contributed by atoms with E-state index in [-0.39, 0.29) is 5.54 Å². The zero-order chi connectivity index (χ0) is 10.3. The lowest BCUT2D eigenvalue weighted by Gasteiger charge is -2.20. The molecule has 0 N–H and O–H groups in total. The average molecular weight is 187 g/mol. The molecule has 0 heterocycles. The van der Waals surface area contributed by atoms with Crippen LogP contribution in [0.1, 0.15) is 53.4 Å². The summed E-state index contributed by atoms with van der Waals surface area (Å²) in [4.78, 5) is 4.34. The summed E-state index contributed by atoms with van der Waals surface area (Å²) in [5.41, 5.74) is 0.534. The third-order valence-electron chi connectivity index (χ3n) is 2.08. The Hall–Kier alpha value is -0.400. The Morgan fingerprint density at radius 2 is 1.92 bits per heavy atom. The molecule has 0 spiro atoms. The van der Waals surface area contributed by atoms with Crippen LogP contribution >= 0.6 is 0 Å². The molecule has 0 atom stereocenters. The van der Waals surface area contributed by atoms with E-state index >= 15 is 0 Å². The molecule has 0 unspecified atom stereocenters. The van der Waals surface area contributed by atoms with Gasteiger partial charge in [0, 0.05) is 5.71 Å². The van der Waals surface area contributed by atoms with Gasteiger partial charge in [-0.1, -0.05) is 26.2 Å². The van der Waals surface area contributed by atoms with Gasteiger partial charge in [0.2, 0.25) is 0 Å². The highest BCUT2D eigenvalue weighted by atomic mass is 19.1. The van der Waals surface area contributed by atoms with E-state index in [0.29, 0.717) is 5.71 Å². The number of hydrogen-bond acceptors (Lipinski definition) is 1. The van der Waals surface area contributed by atoms with Crippen molar-refractivity contribution in [1.29, 1.82) is 0 Å². The Kier molecular flexibility index (Phi) is 5.93. The van der Waals surface area contributed by atoms with Gasteiger partial charge in [0.05, 0.1) is 5.54 Å². The first-order valence-corrected chi connectivity index (χ1v) is 5.13. The predicted octanol–water partition coefficient (Wildman–Crippen LogP) is 3.78. The molecule has 78 valence electrons. The van der Waals surface area contributed by atoms with E-state index in [4.69, 9.17) is 0 Å². The van der Waals surface area contributed by atoms with Crippen LogP contribution < -0.4 is 0 Å². The summed E-state index contributed by atoms with van der Waals surface area (Å²) in [6.07, 6.45) is 4.71. The largest absolute Gasteiger partial charge is 0.286 e. The van der Waals surface area contributed by atoms with E-state index in [1.165, 1.54) is 19.3 Å². The number of halogens is 1. The zero-order valence-corrected chi connectivity index (χ0v) is 9.36. The highest BCUT2D eigenvalue weighted by molar-refractivity contribution is 5.83. The lowest BCUT2D eigenvalue weighted by Crippen LogP contribution is -2.19. The quantitative estimate of drug-likeness (QED) is 0.443. The van der Waals surface area contributed by atoms with Crippen molar-refractivity contribution in [3.05, 3.63) is 0 Å². The summed E-state index contributed by atoms with van der Waals surface area (Å²) in [7, 11) is 0. The van der Waals surface area contributed by atoms with Crippen molar-refractivity contribution >= 4 is 5.71 Å². The molecule has 0 saturated carbocycles. The number of rotatable bonds is 6. The second kappa shape index (κ2) is 6.11. The summed E-state index contributed by atoms with van der Waals surface area (Å²) in [6, 6.07) is 0. The molecule has 0 radical (unpaired) electrons. The summed E-state index contributed by atoms with van der Waals surface area (Å²) in [6.45, 7) is 7.66. The van der Waals surface area contributed by atoms with Crippen LogP contribution in [0.15, 0.2) is 4.99 Å². The molecule has 0 aromatic carbocycles. The summed E-state index contributed by atoms with van der Waals surface area (Å²) >= 11 is 0. The predicted molar refractivity (Wildman–Crippen MR) is 57.3 cm³/mol. The topological polar surface area (TPSA) is 12.4 Å². The first-order chi connectivity index (χ1) is 6.02. The Labute approximate surface area is 81.4 Å². The molecule has 2 heteroatoms. The minimum Gasteiger partial charge on any atom is -0.286 e. The summed E-state index contributed by atoms with van der Waals surface area (Å²) in [5.74, 6) is 0. The van der Waals surface area contributed by atoms with Gasteiger partial charge in [-0.2, -0.15) is 0 Å². The molecule has 0 aliphatic rings. The third kappa shape index (κ3) is 6.73. The van der Waals surface area contributed by atoms with Crippen molar-refractivity contribution in [1.82, 2.24) is 0 Å². The maximum Gasteiger partial charge on any atom is 0.127 e. The first kappa shape index (κ1) is 12.6. The molecule has 0 aliphatic heterocycles. The molecule has 0 aromatic rings. The molecule has 0 rings (SSSR count). The van der Waals surface area contributed by atoms with E-state index in [9.17, 15) is 4.39 Å². The molecule has 0 amide bonds. The van der Waals surface area contributed by atoms with Crippen molar-refractivity contribution in [2.24, 2.45) is 4.99 Å². The third-order valence-corrected chi connectivity index (χ3v) is 2.08. The van der Waals surface area contributed by atoms with Crippen molar-refractivity contribution in [2.45, 2.75) is 58.9 Å². The Bertz CT molecular complexity index is 161. The Morgan fingerprint density at radius 1 is 1.31 bits per heavy atom. The van der Waals surface area contributed by atoms with Crippen LogP contribution in [-0.2, 0) is 0 Å². The highest BCUT2D eigenvalue weighted by Crippen LogP contribution is 2.18. The van der Waals surface area contributed by atoms with Crippen LogP contribution in [-0.4, -0.2) is 17.9 Å². The standard InChI is InChI=1S/C11H22FN/c1-5-6-7-8-11(3,4)13-10(2)9-12/h5-9H2,1-4H3. The Morgan fingerprint density at radius 3 is 2.38 bits per heavy atom. The number of hydrogen-bond donors (Lipinski definition) is 0. The lowest BCUT2D eigenvalue weighted by molar-refractivity contribution is 0.447. The van der Waals surface area contributed by atoms with Gasteiger partial charge in [-0.25, -0.2) is 4.39 Å². The molecule has 13 heavy (non-hydrogen) atoms. The molecule has 0 fully saturated rings. The van der Waals surface area contributed by atoms with Crippen LogP contribution in [0, 0.1) is 0 Å². The van der Waals surface area contributed by atoms with Crippen LogP contribution in [0.4, 0.5) is 4.39 Å². The van der Waals surface area contributed by atoms with Crippen LogP contribution in [0.2, 0.25) is 0 Å². The maximum absolute atomic E-state index is 12.2. The van der Waals surface area contributed by atoms with Crippen molar-refractivity contribution in [3.63, 3.8) is 0 Å². The minimum atomic E-state index is -0.419. The summed E-state index contributed by atoms with van der Waals surface area (Å²) in [5, 5.41) is 0. The number of aliphatic imine (C=N–C) groups is 1. The average Bonchev–Trinajstić information content (AvgIpc) is 2.03. The van der Waals surface area contributed by atoms with Gasteiger partial charge >= 0.3 is 0 Å². The fourth-order valence-electron chi connectivity index (χ4n) is 1.41. The second-order valence-electron chi connectivity index (χ2n) is 4.25. The van der Waals surface area contributed by atoms with Crippen LogP contribution in [0.5, 0.6) is 0 Å². The number of alkyl halides is 1. The SMILES string of the molecule is CCCCCC(C)(C)N=C(C)CF. The molecule has 1 nitrogen and oxygen atoms in total. The number of unbranched alkanes of at least 4 members (excludes halogenated alkanes) is 2. The number of nitrogens with zero attached hydrogens (tertiary/aromatic N) is 1. The van der Waals surface area contributed by atoms with E-state index < -0.39 is 6.67 Å². The van der Waals surface area contributed by atoms with Crippen LogP contribution in [0.25, 0.3) is 0 Å². The smallest absolute Gasteiger partial charge is 0.127 e. The zero-order valence-electron chi connectivity index (χ0n) is 9.36. The fraction of sp³-hybridized carbons (Fsp3) is 0.909. The van der Waals surface area contributed by atoms with Gasteiger partial charge < -0.3 is 0 Å². The first-order valence-electron chi connectivity index (χ1n) is 5.13. The monoisotopic (exact) mass is 187 g/mol. The molecule has 0 saturated heterocycles. The van der Waals surface area contributed by atoms with Gasteiger partial charge in [0.1, 0.15) is 6.67 Å². The normalized spacial score (nSPS) is 13.5. The maximum atomic E-state index is 12.2. The summed E-state index contributed by atoms with van der Waals surface area (Å²) < 4.78 is 12.2. The molecule has 0 aromatic heterocycles. The lowest BCUT2D eigenvalue weighted by atomic mass is 9.97. The van der Waals surface area contributed by atoms with Gasteiger partial charge in [0.15, 0.2) is 0 Å². The van der Waals surface area contributed by atoms with Gasteiger partial charge in [-0.05, 0) is 27.2 Å². The van der Waals surface area contributed by atoms with E-state index in [1.54, 1.807) is 6.92 Å². The second-order valence-corrected chi connectivity index (χ2v) is 4.25. The van der Waals surface area contributed by atoms with Crippen molar-refractivity contribution in [3.8, 4) is 0 Å². The van der Waals surface area contributed by atoms with Crippen molar-refractivity contribution in [2.75, 3.05) is 6.67 Å². The van der Waals surface area contributed by atoms with Gasteiger partial charge in [0.25, 0.3) is 0 Å². The van der Waals surface area contributed by atoms with E-state index in [0.717, 1.165) is 6.42 Å². The van der Waals surface area contributed by atoms with Gasteiger partial charge in [-0.3, -0.25) is 4.99 Å². The van der Waals surface area contributed by atoms with Gasteiger partial charge in [-0.15, -0.1) is 0 Å². The highest BCUT2D eigenvalue weighted by Gasteiger charge is 2.15.